The molecule has 4 heterocycles. The molecule has 4 aromatic rings. The lowest BCUT2D eigenvalue weighted by Crippen LogP contribution is -2.51. The molecule has 0 atom stereocenters. The summed E-state index contributed by atoms with van der Waals surface area (Å²) in [5.41, 5.74) is 3.46. The van der Waals surface area contributed by atoms with Gasteiger partial charge in [-0.05, 0) is 38.8 Å². The van der Waals surface area contributed by atoms with Crippen LogP contribution < -0.4 is 0 Å². The third-order valence-corrected chi connectivity index (χ3v) is 8.65. The highest BCUT2D eigenvalue weighted by atomic mass is 32.1. The lowest BCUT2D eigenvalue weighted by atomic mass is 9.88. The minimum atomic E-state index is -0.0581. The molecule has 2 fully saturated rings. The van der Waals surface area contributed by atoms with Gasteiger partial charge in [0.05, 0.1) is 17.0 Å². The number of carbonyl (C=O) groups is 1. The van der Waals surface area contributed by atoms with Gasteiger partial charge in [-0.25, -0.2) is 15.0 Å². The van der Waals surface area contributed by atoms with Gasteiger partial charge in [-0.2, -0.15) is 0 Å². The molecule has 0 radical (unpaired) electrons. The minimum Gasteiger partial charge on any atom is -0.312 e. The Balaban J connectivity index is 1.28. The van der Waals surface area contributed by atoms with E-state index in [1.54, 1.807) is 23.7 Å². The normalized spacial score (nSPS) is 21.3. The van der Waals surface area contributed by atoms with Gasteiger partial charge in [0.1, 0.15) is 6.33 Å². The van der Waals surface area contributed by atoms with E-state index in [2.05, 4.69) is 43.3 Å². The molecule has 196 valence electrons. The number of imidazole rings is 1. The number of amides is 1. The third kappa shape index (κ3) is 5.14. The standard InChI is InChI=1S/C29H33N7OS/c1-33-13-15-34(16-14-33)24-7-9-25(10-8-24)35(28(37)23-19-30-21-31-20-23)12-11-26-27(22-5-3-2-4-6-22)32-29-36(26)17-18-38-29/h2-6,11-12,17-21,24-25H,7-10,13-16H2,1H3. The van der Waals surface area contributed by atoms with Crippen LogP contribution in [-0.2, 0) is 0 Å². The zero-order chi connectivity index (χ0) is 25.9. The Bertz CT molecular complexity index is 1380. The van der Waals surface area contributed by atoms with Gasteiger partial charge >= 0.3 is 0 Å². The van der Waals surface area contributed by atoms with E-state index in [1.807, 2.05) is 47.0 Å². The van der Waals surface area contributed by atoms with Crippen molar-refractivity contribution in [2.75, 3.05) is 33.2 Å². The number of hydrogen-bond acceptors (Lipinski definition) is 7. The molecule has 2 aliphatic rings. The maximum atomic E-state index is 13.7. The van der Waals surface area contributed by atoms with Gasteiger partial charge in [0, 0.05) is 74.0 Å². The van der Waals surface area contributed by atoms with Crippen LogP contribution in [0.25, 0.3) is 22.3 Å². The van der Waals surface area contributed by atoms with Crippen molar-refractivity contribution in [3.05, 3.63) is 78.1 Å². The largest absolute Gasteiger partial charge is 0.312 e. The number of piperazine rings is 1. The van der Waals surface area contributed by atoms with Crippen LogP contribution in [0.1, 0.15) is 41.7 Å². The molecule has 3 aromatic heterocycles. The first-order valence-electron chi connectivity index (χ1n) is 13.4. The summed E-state index contributed by atoms with van der Waals surface area (Å²) in [6.07, 6.45) is 14.9. The van der Waals surface area contributed by atoms with Crippen LogP contribution in [0, 0.1) is 0 Å². The van der Waals surface area contributed by atoms with E-state index in [1.165, 1.54) is 6.33 Å². The van der Waals surface area contributed by atoms with Gasteiger partial charge in [-0.1, -0.05) is 30.3 Å². The van der Waals surface area contributed by atoms with Crippen molar-refractivity contribution in [3.63, 3.8) is 0 Å². The van der Waals surface area contributed by atoms with Crippen LogP contribution in [0.5, 0.6) is 0 Å². The Morgan fingerprint density at radius 3 is 2.50 bits per heavy atom. The van der Waals surface area contributed by atoms with Crippen LogP contribution in [-0.4, -0.2) is 85.3 Å². The summed E-state index contributed by atoms with van der Waals surface area (Å²) < 4.78 is 2.10. The van der Waals surface area contributed by atoms with E-state index in [-0.39, 0.29) is 11.9 Å². The summed E-state index contributed by atoms with van der Waals surface area (Å²) >= 11 is 1.61. The minimum absolute atomic E-state index is 0.0581. The molecular weight excluding hydrogens is 494 g/mol. The number of benzene rings is 1. The molecule has 0 unspecified atom stereocenters. The molecule has 1 aliphatic heterocycles. The monoisotopic (exact) mass is 527 g/mol. The molecule has 8 nitrogen and oxygen atoms in total. The summed E-state index contributed by atoms with van der Waals surface area (Å²) in [5.74, 6) is -0.0581. The Morgan fingerprint density at radius 2 is 1.76 bits per heavy atom. The summed E-state index contributed by atoms with van der Waals surface area (Å²) in [5, 5.41) is 2.04. The molecule has 1 saturated carbocycles. The fourth-order valence-corrected chi connectivity index (χ4v) is 6.45. The van der Waals surface area contributed by atoms with Gasteiger partial charge in [-0.15, -0.1) is 11.3 Å². The van der Waals surface area contributed by atoms with E-state index >= 15 is 0 Å². The zero-order valence-corrected chi connectivity index (χ0v) is 22.5. The summed E-state index contributed by atoms with van der Waals surface area (Å²) in [6, 6.07) is 11.0. The van der Waals surface area contributed by atoms with Crippen LogP contribution in [0.3, 0.4) is 0 Å². The maximum Gasteiger partial charge on any atom is 0.261 e. The molecular formula is C29H33N7OS. The van der Waals surface area contributed by atoms with Crippen LogP contribution in [0.2, 0.25) is 0 Å². The van der Waals surface area contributed by atoms with Gasteiger partial charge < -0.3 is 9.80 Å². The Morgan fingerprint density at radius 1 is 1.03 bits per heavy atom. The molecule has 0 N–H and O–H groups in total. The molecule has 38 heavy (non-hydrogen) atoms. The highest BCUT2D eigenvalue weighted by Gasteiger charge is 2.32. The number of aromatic nitrogens is 4. The number of likely N-dealkylation sites (N-methyl/N-ethyl adjacent to an activating group) is 1. The quantitative estimate of drug-likeness (QED) is 0.367. The number of nitrogens with zero attached hydrogens (tertiary/aromatic N) is 7. The van der Waals surface area contributed by atoms with Crippen molar-refractivity contribution in [1.82, 2.24) is 34.1 Å². The highest BCUT2D eigenvalue weighted by molar-refractivity contribution is 7.15. The first-order valence-corrected chi connectivity index (χ1v) is 14.2. The van der Waals surface area contributed by atoms with E-state index in [9.17, 15) is 4.79 Å². The lowest BCUT2D eigenvalue weighted by Gasteiger charge is -2.42. The second kappa shape index (κ2) is 11.1. The molecule has 1 saturated heterocycles. The zero-order valence-electron chi connectivity index (χ0n) is 21.7. The second-order valence-electron chi connectivity index (χ2n) is 10.2. The van der Waals surface area contributed by atoms with Crippen LogP contribution in [0.4, 0.5) is 0 Å². The topological polar surface area (TPSA) is 69.9 Å². The summed E-state index contributed by atoms with van der Waals surface area (Å²) in [6.45, 7) is 4.53. The average Bonchev–Trinajstić information content (AvgIpc) is 3.57. The molecule has 9 heteroatoms. The number of fused-ring (bicyclic) bond motifs is 1. The molecule has 1 amide bonds. The van der Waals surface area contributed by atoms with Gasteiger partial charge in [-0.3, -0.25) is 14.1 Å². The fourth-order valence-electron chi connectivity index (χ4n) is 5.72. The molecule has 6 rings (SSSR count). The van der Waals surface area contributed by atoms with Gasteiger partial charge in [0.2, 0.25) is 0 Å². The molecule has 1 aliphatic carbocycles. The average molecular weight is 528 g/mol. The van der Waals surface area contributed by atoms with E-state index < -0.39 is 0 Å². The lowest BCUT2D eigenvalue weighted by molar-refractivity contribution is 0.0591. The highest BCUT2D eigenvalue weighted by Crippen LogP contribution is 2.31. The predicted molar refractivity (Wildman–Crippen MR) is 151 cm³/mol. The summed E-state index contributed by atoms with van der Waals surface area (Å²) in [7, 11) is 2.20. The van der Waals surface area contributed by atoms with Crippen molar-refractivity contribution in [1.29, 1.82) is 0 Å². The van der Waals surface area contributed by atoms with Gasteiger partial charge in [0.15, 0.2) is 4.96 Å². The van der Waals surface area contributed by atoms with Crippen molar-refractivity contribution < 1.29 is 4.79 Å². The molecule has 0 spiro atoms. The first-order chi connectivity index (χ1) is 18.7. The Hall–Kier alpha value is -3.40. The van der Waals surface area contributed by atoms with Crippen molar-refractivity contribution >= 4 is 28.3 Å². The number of hydrogen-bond donors (Lipinski definition) is 0. The smallest absolute Gasteiger partial charge is 0.261 e. The maximum absolute atomic E-state index is 13.7. The molecule has 1 aromatic carbocycles. The third-order valence-electron chi connectivity index (χ3n) is 7.90. The SMILES string of the molecule is CN1CCN(C2CCC(N(C=Cc3c(-c4ccccc4)nc4sccn34)C(=O)c3cncnc3)CC2)CC1. The van der Waals surface area contributed by atoms with Crippen LogP contribution in [0.15, 0.2) is 66.8 Å². The van der Waals surface area contributed by atoms with Crippen molar-refractivity contribution in [2.45, 2.75) is 37.8 Å². The number of thiazole rings is 1. The molecule has 0 bridgehead atoms. The number of carbonyl (C=O) groups excluding carboxylic acids is 1. The Labute approximate surface area is 227 Å². The van der Waals surface area contributed by atoms with E-state index in [0.717, 1.165) is 73.8 Å². The fraction of sp³-hybridized carbons (Fsp3) is 0.379. The summed E-state index contributed by atoms with van der Waals surface area (Å²) in [4.78, 5) is 34.8. The predicted octanol–water partition coefficient (Wildman–Crippen LogP) is 4.52. The second-order valence-corrected chi connectivity index (χ2v) is 11.1. The number of rotatable bonds is 6. The van der Waals surface area contributed by atoms with Crippen LogP contribution >= 0.6 is 11.3 Å². The van der Waals surface area contributed by atoms with Crippen molar-refractivity contribution in [2.24, 2.45) is 0 Å². The van der Waals surface area contributed by atoms with E-state index in [0.29, 0.717) is 11.6 Å². The Kier molecular flexibility index (Phi) is 7.31. The van der Waals surface area contributed by atoms with E-state index in [4.69, 9.17) is 4.98 Å². The van der Waals surface area contributed by atoms with Crippen molar-refractivity contribution in [3.8, 4) is 11.3 Å². The first kappa shape index (κ1) is 24.9. The van der Waals surface area contributed by atoms with Gasteiger partial charge in [0.25, 0.3) is 5.91 Å².